The van der Waals surface area contributed by atoms with Crippen LogP contribution in [0.1, 0.15) is 36.7 Å². The first-order valence-corrected chi connectivity index (χ1v) is 14.2. The third-order valence-electron chi connectivity index (χ3n) is 8.20. The Balaban J connectivity index is 1.18. The lowest BCUT2D eigenvalue weighted by molar-refractivity contribution is -0.119. The number of cyclic esters (lactones) is 1. The van der Waals surface area contributed by atoms with Gasteiger partial charge in [0, 0.05) is 25.7 Å². The number of anilines is 2. The van der Waals surface area contributed by atoms with Crippen molar-refractivity contribution < 1.29 is 47.6 Å². The number of hydrogen-bond donors (Lipinski definition) is 3. The van der Waals surface area contributed by atoms with E-state index in [2.05, 4.69) is 5.32 Å². The zero-order valence-electron chi connectivity index (χ0n) is 24.3. The van der Waals surface area contributed by atoms with Gasteiger partial charge in [-0.05, 0) is 31.5 Å². The number of β-amino-alcohol motifs (C(OH)–C–C–N with tert-alkyl or cyclic N) is 1. The molecule has 4 heterocycles. The topological polar surface area (TPSA) is 160 Å². The van der Waals surface area contributed by atoms with Crippen molar-refractivity contribution in [2.75, 3.05) is 49.2 Å². The number of nitrogens with one attached hydrogen (secondary N) is 1. The molecule has 0 radical (unpaired) electrons. The van der Waals surface area contributed by atoms with E-state index in [4.69, 9.17) is 14.2 Å². The molecular formula is C30H30F2N4O9. The molecule has 0 bridgehead atoms. The number of aliphatic hydroxyl groups is 1. The van der Waals surface area contributed by atoms with Crippen LogP contribution in [0.3, 0.4) is 0 Å². The Hall–Kier alpha value is -4.92. The second-order valence-electron chi connectivity index (χ2n) is 11.5. The van der Waals surface area contributed by atoms with E-state index in [1.54, 1.807) is 16.4 Å². The van der Waals surface area contributed by atoms with Crippen LogP contribution in [-0.4, -0.2) is 83.8 Å². The van der Waals surface area contributed by atoms with E-state index in [1.165, 1.54) is 30.2 Å². The van der Waals surface area contributed by atoms with Crippen LogP contribution in [0.5, 0.6) is 11.5 Å². The van der Waals surface area contributed by atoms with Crippen molar-refractivity contribution in [1.82, 2.24) is 9.88 Å². The van der Waals surface area contributed by atoms with Gasteiger partial charge in [0.05, 0.1) is 42.3 Å². The summed E-state index contributed by atoms with van der Waals surface area (Å²) in [6.45, 7) is 3.20. The van der Waals surface area contributed by atoms with Gasteiger partial charge in [-0.25, -0.2) is 18.4 Å². The second-order valence-corrected chi connectivity index (χ2v) is 11.5. The zero-order valence-corrected chi connectivity index (χ0v) is 24.3. The number of carboxylic acid groups (broad SMARTS) is 1. The third-order valence-corrected chi connectivity index (χ3v) is 8.20. The number of aromatic carboxylic acids is 1. The summed E-state index contributed by atoms with van der Waals surface area (Å²) in [6, 6.07) is 4.55. The monoisotopic (exact) mass is 628 g/mol. The van der Waals surface area contributed by atoms with E-state index < -0.39 is 46.4 Å². The molecule has 2 saturated heterocycles. The van der Waals surface area contributed by atoms with E-state index >= 15 is 8.78 Å². The number of carbonyl (C=O) groups excluding carboxylic acids is 2. The quantitative estimate of drug-likeness (QED) is 0.338. The first-order valence-electron chi connectivity index (χ1n) is 14.2. The number of ether oxygens (including phenoxy) is 3. The minimum Gasteiger partial charge on any atom is -0.487 e. The van der Waals surface area contributed by atoms with Gasteiger partial charge in [0.1, 0.15) is 36.2 Å². The number of carboxylic acids is 1. The molecular weight excluding hydrogens is 598 g/mol. The summed E-state index contributed by atoms with van der Waals surface area (Å²) < 4.78 is 48.9. The number of benzene rings is 2. The largest absolute Gasteiger partial charge is 0.487 e. The fraction of sp³-hybridized carbons (Fsp3) is 0.400. The van der Waals surface area contributed by atoms with Crippen molar-refractivity contribution in [3.8, 4) is 11.5 Å². The van der Waals surface area contributed by atoms with Crippen LogP contribution in [0.25, 0.3) is 10.9 Å². The molecule has 3 unspecified atom stereocenters. The predicted molar refractivity (Wildman–Crippen MR) is 155 cm³/mol. The molecule has 3 aliphatic heterocycles. The van der Waals surface area contributed by atoms with Gasteiger partial charge >= 0.3 is 12.1 Å². The predicted octanol–water partition coefficient (Wildman–Crippen LogP) is 2.41. The molecule has 2 amide bonds. The number of nitrogens with zero attached hydrogens (tertiary/aromatic N) is 3. The van der Waals surface area contributed by atoms with Crippen molar-refractivity contribution >= 4 is 40.2 Å². The fourth-order valence-electron chi connectivity index (χ4n) is 5.91. The molecule has 0 saturated carbocycles. The molecule has 2 aromatic carbocycles. The van der Waals surface area contributed by atoms with E-state index in [9.17, 15) is 29.4 Å². The molecule has 3 aliphatic rings. The van der Waals surface area contributed by atoms with Crippen LogP contribution >= 0.6 is 0 Å². The lowest BCUT2D eigenvalue weighted by atomic mass is 10.0. The number of amides is 2. The average molecular weight is 629 g/mol. The Morgan fingerprint density at radius 2 is 1.98 bits per heavy atom. The number of pyridine rings is 1. The molecule has 1 aromatic heterocycles. The van der Waals surface area contributed by atoms with Crippen molar-refractivity contribution in [3.05, 3.63) is 57.9 Å². The van der Waals surface area contributed by atoms with E-state index in [0.717, 1.165) is 12.1 Å². The molecule has 0 aliphatic carbocycles. The minimum absolute atomic E-state index is 0.0198. The third kappa shape index (κ3) is 5.47. The smallest absolute Gasteiger partial charge is 0.414 e. The second kappa shape index (κ2) is 11.2. The Labute approximate surface area is 254 Å². The number of rotatable bonds is 8. The molecule has 15 heteroatoms. The lowest BCUT2D eigenvalue weighted by Gasteiger charge is -2.31. The van der Waals surface area contributed by atoms with Crippen molar-refractivity contribution in [3.63, 3.8) is 0 Å². The number of aromatic nitrogens is 1. The van der Waals surface area contributed by atoms with Crippen LogP contribution in [0.15, 0.2) is 35.3 Å². The Kier molecular flexibility index (Phi) is 7.51. The van der Waals surface area contributed by atoms with Crippen molar-refractivity contribution in [2.45, 2.75) is 38.0 Å². The summed E-state index contributed by atoms with van der Waals surface area (Å²) in [7, 11) is 0. The van der Waals surface area contributed by atoms with Gasteiger partial charge in [-0.2, -0.15) is 0 Å². The summed E-state index contributed by atoms with van der Waals surface area (Å²) in [4.78, 5) is 50.7. The van der Waals surface area contributed by atoms with Crippen LogP contribution in [0.2, 0.25) is 0 Å². The number of halogens is 2. The molecule has 6 rings (SSSR count). The van der Waals surface area contributed by atoms with E-state index in [1.807, 2.05) is 0 Å². The minimum atomic E-state index is -1.51. The number of carbonyl (C=O) groups is 3. The molecule has 238 valence electrons. The van der Waals surface area contributed by atoms with Gasteiger partial charge in [-0.1, -0.05) is 0 Å². The maximum Gasteiger partial charge on any atom is 0.414 e. The highest BCUT2D eigenvalue weighted by atomic mass is 19.1. The van der Waals surface area contributed by atoms with Crippen LogP contribution in [0.4, 0.5) is 25.0 Å². The van der Waals surface area contributed by atoms with Crippen LogP contribution in [-0.2, 0) is 9.53 Å². The van der Waals surface area contributed by atoms with Crippen molar-refractivity contribution in [2.24, 2.45) is 0 Å². The zero-order chi connectivity index (χ0) is 32.2. The molecule has 13 nitrogen and oxygen atoms in total. The van der Waals surface area contributed by atoms with Gasteiger partial charge in [-0.15, -0.1) is 0 Å². The summed E-state index contributed by atoms with van der Waals surface area (Å²) >= 11 is 0. The summed E-state index contributed by atoms with van der Waals surface area (Å²) in [5.74, 6) is -3.39. The maximum atomic E-state index is 15.6. The Bertz CT molecular complexity index is 1800. The van der Waals surface area contributed by atoms with Crippen LogP contribution in [0, 0.1) is 11.6 Å². The van der Waals surface area contributed by atoms with E-state index in [-0.39, 0.29) is 91.5 Å². The van der Waals surface area contributed by atoms with Gasteiger partial charge in [0.15, 0.2) is 23.1 Å². The lowest BCUT2D eigenvalue weighted by Crippen LogP contribution is -2.39. The summed E-state index contributed by atoms with van der Waals surface area (Å²) in [5, 5.41) is 23.2. The maximum absolute atomic E-state index is 15.6. The van der Waals surface area contributed by atoms with Crippen molar-refractivity contribution in [1.29, 1.82) is 0 Å². The van der Waals surface area contributed by atoms with E-state index in [0.29, 0.717) is 0 Å². The highest BCUT2D eigenvalue weighted by Crippen LogP contribution is 2.44. The Morgan fingerprint density at radius 1 is 1.20 bits per heavy atom. The molecule has 45 heavy (non-hydrogen) atoms. The molecule has 3 aromatic rings. The van der Waals surface area contributed by atoms with Gasteiger partial charge in [0.2, 0.25) is 11.3 Å². The standard InChI is InChI=1S/C30H30F2N4O9/c1-15-12-43-27-24-19(26(38)20(28(39)40)11-35(15)24)8-22(32)25(27)34-6-5-30(42,13-34)14-44-23-4-3-17(7-21(23)31)36-10-18(45-29(36)41)9-33-16(2)37/h3-4,7-8,11,15,18,42H,5-6,9-10,12-14H2,1-2H3,(H,33,37)(H,39,40). The molecule has 0 spiro atoms. The number of hydrogen-bond acceptors (Lipinski definition) is 9. The Morgan fingerprint density at radius 3 is 2.69 bits per heavy atom. The van der Waals surface area contributed by atoms with Gasteiger partial charge in [-0.3, -0.25) is 14.5 Å². The average Bonchev–Trinajstić information content (AvgIpc) is 3.56. The first kappa shape index (κ1) is 30.1. The molecule has 3 N–H and O–H groups in total. The van der Waals surface area contributed by atoms with Gasteiger partial charge in [0.25, 0.3) is 0 Å². The molecule has 3 atom stereocenters. The highest BCUT2D eigenvalue weighted by Gasteiger charge is 2.41. The summed E-state index contributed by atoms with van der Waals surface area (Å²) in [5.41, 5.74) is -2.31. The first-order chi connectivity index (χ1) is 21.3. The summed E-state index contributed by atoms with van der Waals surface area (Å²) in [6.07, 6.45) is 0.0953. The normalized spacial score (nSPS) is 22.4. The fourth-order valence-corrected chi connectivity index (χ4v) is 5.91. The van der Waals surface area contributed by atoms with Gasteiger partial charge < -0.3 is 39.2 Å². The molecule has 2 fully saturated rings. The van der Waals surface area contributed by atoms with Crippen LogP contribution < -0.4 is 30.0 Å². The SMILES string of the molecule is CC(=O)NCC1CN(c2ccc(OCC3(O)CCN(c4c(F)cc5c(=O)c(C(=O)O)cn6c5c4OCC6C)C3)c(F)c2)C(=O)O1. The highest BCUT2D eigenvalue weighted by molar-refractivity contribution is 5.97.